The highest BCUT2D eigenvalue weighted by molar-refractivity contribution is 5.89. The fourth-order valence-corrected chi connectivity index (χ4v) is 2.47. The molecule has 1 N–H and O–H groups in total. The Kier molecular flexibility index (Phi) is 10.9. The second-order valence-corrected chi connectivity index (χ2v) is 6.31. The Hall–Kier alpha value is -1.55. The molecule has 24 heavy (non-hydrogen) atoms. The number of aromatic hydroxyl groups is 1. The van der Waals surface area contributed by atoms with Crippen molar-refractivity contribution in [1.29, 1.82) is 0 Å². The highest BCUT2D eigenvalue weighted by Crippen LogP contribution is 2.12. The van der Waals surface area contributed by atoms with Crippen LogP contribution in [0.5, 0.6) is 5.75 Å². The normalized spacial score (nSPS) is 12.1. The number of rotatable bonds is 13. The molecule has 0 bridgehead atoms. The molecule has 4 nitrogen and oxygen atoms in total. The quantitative estimate of drug-likeness (QED) is 0.402. The zero-order valence-corrected chi connectivity index (χ0v) is 15.1. The smallest absolute Gasteiger partial charge is 0.338 e. The Morgan fingerprint density at radius 2 is 1.58 bits per heavy atom. The van der Waals surface area contributed by atoms with Crippen LogP contribution in [0, 0.1) is 0 Å². The topological polar surface area (TPSA) is 55.8 Å². The third-order valence-electron chi connectivity index (χ3n) is 3.91. The number of phenolic OH excluding ortho intramolecular Hbond substituents is 1. The van der Waals surface area contributed by atoms with Gasteiger partial charge in [0.05, 0.1) is 12.2 Å². The molecule has 0 aliphatic heterocycles. The first-order valence-corrected chi connectivity index (χ1v) is 9.21. The number of ether oxygens (including phenoxy) is 2. The summed E-state index contributed by atoms with van der Waals surface area (Å²) in [5, 5.41) is 9.21. The first-order valence-electron chi connectivity index (χ1n) is 9.21. The van der Waals surface area contributed by atoms with E-state index in [1.807, 2.05) is 6.92 Å². The molecule has 1 unspecified atom stereocenters. The van der Waals surface area contributed by atoms with Crippen LogP contribution in [0.2, 0.25) is 0 Å². The third kappa shape index (κ3) is 9.56. The molecule has 0 saturated carbocycles. The predicted molar refractivity (Wildman–Crippen MR) is 96.4 cm³/mol. The molecule has 1 aromatic rings. The SMILES string of the molecule is CCCCCCCCCCOCC(C)OC(=O)c1ccc(O)cc1. The van der Waals surface area contributed by atoms with Crippen LogP contribution < -0.4 is 0 Å². The highest BCUT2D eigenvalue weighted by Gasteiger charge is 2.12. The number of benzene rings is 1. The first-order chi connectivity index (χ1) is 11.6. The van der Waals surface area contributed by atoms with Gasteiger partial charge in [-0.2, -0.15) is 0 Å². The van der Waals surface area contributed by atoms with Crippen molar-refractivity contribution in [3.63, 3.8) is 0 Å². The van der Waals surface area contributed by atoms with Gasteiger partial charge in [0.15, 0.2) is 0 Å². The minimum absolute atomic E-state index is 0.133. The molecule has 0 aliphatic rings. The van der Waals surface area contributed by atoms with E-state index in [4.69, 9.17) is 9.47 Å². The summed E-state index contributed by atoms with van der Waals surface area (Å²) in [6.07, 6.45) is 9.93. The van der Waals surface area contributed by atoms with Crippen LogP contribution in [0.25, 0.3) is 0 Å². The molecule has 0 aromatic heterocycles. The average molecular weight is 336 g/mol. The lowest BCUT2D eigenvalue weighted by molar-refractivity contribution is 0.00151. The van der Waals surface area contributed by atoms with Gasteiger partial charge in [-0.25, -0.2) is 4.79 Å². The molecule has 0 spiro atoms. The summed E-state index contributed by atoms with van der Waals surface area (Å²) < 4.78 is 10.9. The van der Waals surface area contributed by atoms with Gasteiger partial charge in [0.25, 0.3) is 0 Å². The summed E-state index contributed by atoms with van der Waals surface area (Å²) in [6, 6.07) is 6.04. The van der Waals surface area contributed by atoms with Crippen molar-refractivity contribution in [3.05, 3.63) is 29.8 Å². The van der Waals surface area contributed by atoms with E-state index in [2.05, 4.69) is 6.92 Å². The molecular formula is C20H32O4. The summed E-state index contributed by atoms with van der Waals surface area (Å²) in [6.45, 7) is 5.20. The second kappa shape index (κ2) is 12.8. The van der Waals surface area contributed by atoms with Gasteiger partial charge in [-0.15, -0.1) is 0 Å². The minimum atomic E-state index is -0.391. The second-order valence-electron chi connectivity index (χ2n) is 6.31. The summed E-state index contributed by atoms with van der Waals surface area (Å²) >= 11 is 0. The van der Waals surface area contributed by atoms with Crippen LogP contribution in [0.4, 0.5) is 0 Å². The van der Waals surface area contributed by atoms with Crippen molar-refractivity contribution < 1.29 is 19.4 Å². The minimum Gasteiger partial charge on any atom is -0.508 e. The third-order valence-corrected chi connectivity index (χ3v) is 3.91. The molecule has 0 aliphatic carbocycles. The molecule has 136 valence electrons. The monoisotopic (exact) mass is 336 g/mol. The van der Waals surface area contributed by atoms with E-state index in [9.17, 15) is 9.90 Å². The Morgan fingerprint density at radius 1 is 1.00 bits per heavy atom. The number of carbonyl (C=O) groups is 1. The fraction of sp³-hybridized carbons (Fsp3) is 0.650. The van der Waals surface area contributed by atoms with E-state index in [0.717, 1.165) is 13.0 Å². The summed E-state index contributed by atoms with van der Waals surface area (Å²) in [4.78, 5) is 11.9. The zero-order valence-electron chi connectivity index (χ0n) is 15.1. The number of phenols is 1. The molecular weight excluding hydrogens is 304 g/mol. The van der Waals surface area contributed by atoms with Crippen LogP contribution in [-0.4, -0.2) is 30.4 Å². The number of hydrogen-bond acceptors (Lipinski definition) is 4. The number of hydrogen-bond donors (Lipinski definition) is 1. The van der Waals surface area contributed by atoms with Gasteiger partial charge in [-0.1, -0.05) is 51.9 Å². The largest absolute Gasteiger partial charge is 0.508 e. The van der Waals surface area contributed by atoms with Gasteiger partial charge in [0, 0.05) is 6.61 Å². The predicted octanol–water partition coefficient (Wildman–Crippen LogP) is 5.09. The Bertz CT molecular complexity index is 441. The number of unbranched alkanes of at least 4 members (excludes halogenated alkanes) is 7. The molecule has 1 aromatic carbocycles. The van der Waals surface area contributed by atoms with Crippen LogP contribution in [-0.2, 0) is 9.47 Å². The average Bonchev–Trinajstić information content (AvgIpc) is 2.57. The Labute approximate surface area is 146 Å². The zero-order chi connectivity index (χ0) is 17.6. The maximum atomic E-state index is 11.9. The van der Waals surface area contributed by atoms with Gasteiger partial charge in [-0.3, -0.25) is 0 Å². The van der Waals surface area contributed by atoms with Gasteiger partial charge in [0.1, 0.15) is 11.9 Å². The molecule has 0 fully saturated rings. The van der Waals surface area contributed by atoms with E-state index in [-0.39, 0.29) is 11.9 Å². The number of carbonyl (C=O) groups excluding carboxylic acids is 1. The van der Waals surface area contributed by atoms with E-state index < -0.39 is 5.97 Å². The van der Waals surface area contributed by atoms with Gasteiger partial charge in [0.2, 0.25) is 0 Å². The molecule has 4 heteroatoms. The van der Waals surface area contributed by atoms with E-state index >= 15 is 0 Å². The summed E-state index contributed by atoms with van der Waals surface area (Å²) in [7, 11) is 0. The van der Waals surface area contributed by atoms with E-state index in [1.165, 1.54) is 57.1 Å². The standard InChI is InChI=1S/C20H32O4/c1-3-4-5-6-7-8-9-10-15-23-16-17(2)24-20(22)18-11-13-19(21)14-12-18/h11-14,17,21H,3-10,15-16H2,1-2H3. The van der Waals surface area contributed by atoms with Gasteiger partial charge >= 0.3 is 5.97 Å². The Balaban J connectivity index is 2.01. The molecule has 1 rings (SSSR count). The molecule has 0 saturated heterocycles. The first kappa shape index (κ1) is 20.5. The van der Waals surface area contributed by atoms with E-state index in [1.54, 1.807) is 12.1 Å². The fourth-order valence-electron chi connectivity index (χ4n) is 2.47. The lowest BCUT2D eigenvalue weighted by atomic mass is 10.1. The highest BCUT2D eigenvalue weighted by atomic mass is 16.6. The van der Waals surface area contributed by atoms with Crippen LogP contribution >= 0.6 is 0 Å². The molecule has 0 heterocycles. The molecule has 1 atom stereocenters. The van der Waals surface area contributed by atoms with Gasteiger partial charge in [-0.05, 0) is 37.6 Å². The Morgan fingerprint density at radius 3 is 2.21 bits per heavy atom. The van der Waals surface area contributed by atoms with Crippen LogP contribution in [0.15, 0.2) is 24.3 Å². The van der Waals surface area contributed by atoms with Crippen molar-refractivity contribution in [1.82, 2.24) is 0 Å². The van der Waals surface area contributed by atoms with E-state index in [0.29, 0.717) is 12.2 Å². The number of esters is 1. The van der Waals surface area contributed by atoms with Crippen molar-refractivity contribution in [2.24, 2.45) is 0 Å². The van der Waals surface area contributed by atoms with Crippen molar-refractivity contribution in [2.75, 3.05) is 13.2 Å². The van der Waals surface area contributed by atoms with Gasteiger partial charge < -0.3 is 14.6 Å². The summed E-state index contributed by atoms with van der Waals surface area (Å²) in [5.74, 6) is -0.258. The van der Waals surface area contributed by atoms with Crippen LogP contribution in [0.1, 0.15) is 75.6 Å². The van der Waals surface area contributed by atoms with Crippen molar-refractivity contribution in [3.8, 4) is 5.75 Å². The lowest BCUT2D eigenvalue weighted by Gasteiger charge is -2.13. The van der Waals surface area contributed by atoms with Crippen LogP contribution in [0.3, 0.4) is 0 Å². The lowest BCUT2D eigenvalue weighted by Crippen LogP contribution is -2.20. The maximum Gasteiger partial charge on any atom is 0.338 e. The molecule has 0 amide bonds. The summed E-state index contributed by atoms with van der Waals surface area (Å²) in [5.41, 5.74) is 0.433. The molecule has 0 radical (unpaired) electrons. The van der Waals surface area contributed by atoms with Crippen molar-refractivity contribution in [2.45, 2.75) is 71.3 Å². The van der Waals surface area contributed by atoms with Crippen molar-refractivity contribution >= 4 is 5.97 Å². The maximum absolute atomic E-state index is 11.9.